The third kappa shape index (κ3) is 2.44. The number of aromatic nitrogens is 2. The summed E-state index contributed by atoms with van der Waals surface area (Å²) in [6.45, 7) is 0.296. The van der Waals surface area contributed by atoms with Crippen LogP contribution in [0.5, 0.6) is 5.75 Å². The maximum absolute atomic E-state index is 9.29. The van der Waals surface area contributed by atoms with Gasteiger partial charge in [0.25, 0.3) is 0 Å². The standard InChI is InChI=1S/C14H13BrN2O3/c1-17-3-2-11(16-17)8-19-13-5-10(15)4-12-9(6-18)7-20-14(12)13/h2-5,7,18H,6,8H2,1H3. The van der Waals surface area contributed by atoms with E-state index >= 15 is 0 Å². The van der Waals surface area contributed by atoms with E-state index in [2.05, 4.69) is 21.0 Å². The van der Waals surface area contributed by atoms with Crippen molar-refractivity contribution in [3.8, 4) is 5.75 Å². The number of nitrogens with zero attached hydrogens (tertiary/aromatic N) is 2. The van der Waals surface area contributed by atoms with E-state index in [-0.39, 0.29) is 6.61 Å². The molecular weight excluding hydrogens is 324 g/mol. The van der Waals surface area contributed by atoms with Crippen molar-refractivity contribution in [2.45, 2.75) is 13.2 Å². The van der Waals surface area contributed by atoms with Gasteiger partial charge in [-0.15, -0.1) is 0 Å². The third-order valence-corrected chi connectivity index (χ3v) is 3.46. The first kappa shape index (κ1) is 13.2. The summed E-state index contributed by atoms with van der Waals surface area (Å²) in [4.78, 5) is 0. The van der Waals surface area contributed by atoms with Gasteiger partial charge in [0.1, 0.15) is 6.61 Å². The zero-order valence-electron chi connectivity index (χ0n) is 10.8. The van der Waals surface area contributed by atoms with Crippen molar-refractivity contribution in [1.29, 1.82) is 0 Å². The summed E-state index contributed by atoms with van der Waals surface area (Å²) in [6, 6.07) is 5.64. The first-order chi connectivity index (χ1) is 9.67. The molecule has 6 heteroatoms. The van der Waals surface area contributed by atoms with Crippen LogP contribution in [0.2, 0.25) is 0 Å². The molecule has 1 N–H and O–H groups in total. The largest absolute Gasteiger partial charge is 0.483 e. The molecule has 20 heavy (non-hydrogen) atoms. The van der Waals surface area contributed by atoms with E-state index in [0.717, 1.165) is 21.1 Å². The first-order valence-electron chi connectivity index (χ1n) is 6.09. The van der Waals surface area contributed by atoms with Crippen LogP contribution in [0.3, 0.4) is 0 Å². The first-order valence-corrected chi connectivity index (χ1v) is 6.88. The maximum Gasteiger partial charge on any atom is 0.176 e. The quantitative estimate of drug-likeness (QED) is 0.795. The average Bonchev–Trinajstić information content (AvgIpc) is 3.02. The highest BCUT2D eigenvalue weighted by molar-refractivity contribution is 9.10. The molecule has 0 saturated carbocycles. The fourth-order valence-corrected chi connectivity index (χ4v) is 2.48. The molecule has 0 aliphatic rings. The van der Waals surface area contributed by atoms with Gasteiger partial charge < -0.3 is 14.3 Å². The predicted molar refractivity (Wildman–Crippen MR) is 77.4 cm³/mol. The summed E-state index contributed by atoms with van der Waals surface area (Å²) in [5, 5.41) is 14.4. The Labute approximate surface area is 123 Å². The smallest absolute Gasteiger partial charge is 0.176 e. The molecule has 0 aliphatic carbocycles. The lowest BCUT2D eigenvalue weighted by Gasteiger charge is -2.06. The molecule has 2 heterocycles. The lowest BCUT2D eigenvalue weighted by molar-refractivity contribution is 0.281. The number of aliphatic hydroxyl groups is 1. The minimum Gasteiger partial charge on any atom is -0.483 e. The SMILES string of the molecule is Cn1ccc(COc2cc(Br)cc3c(CO)coc23)n1. The number of furan rings is 1. The molecule has 0 radical (unpaired) electrons. The van der Waals surface area contributed by atoms with Crippen molar-refractivity contribution >= 4 is 26.9 Å². The molecule has 0 saturated heterocycles. The average molecular weight is 337 g/mol. The summed E-state index contributed by atoms with van der Waals surface area (Å²) in [6.07, 6.45) is 3.41. The normalized spacial score (nSPS) is 11.2. The van der Waals surface area contributed by atoms with Crippen molar-refractivity contribution in [1.82, 2.24) is 9.78 Å². The van der Waals surface area contributed by atoms with Crippen molar-refractivity contribution in [3.05, 3.63) is 46.4 Å². The number of rotatable bonds is 4. The predicted octanol–water partition coefficient (Wildman–Crippen LogP) is 3.00. The number of hydrogen-bond donors (Lipinski definition) is 1. The van der Waals surface area contributed by atoms with Crippen LogP contribution < -0.4 is 4.74 Å². The Kier molecular flexibility index (Phi) is 3.50. The van der Waals surface area contributed by atoms with Crippen molar-refractivity contribution < 1.29 is 14.3 Å². The van der Waals surface area contributed by atoms with Gasteiger partial charge in [-0.2, -0.15) is 5.10 Å². The number of halogens is 1. The van der Waals surface area contributed by atoms with Gasteiger partial charge in [-0.1, -0.05) is 15.9 Å². The van der Waals surface area contributed by atoms with Crippen molar-refractivity contribution in [2.75, 3.05) is 0 Å². The second kappa shape index (κ2) is 5.30. The molecule has 0 unspecified atom stereocenters. The Bertz CT molecular complexity index is 748. The van der Waals surface area contributed by atoms with Crippen LogP contribution in [-0.2, 0) is 20.3 Å². The molecule has 3 rings (SSSR count). The Morgan fingerprint density at radius 1 is 1.45 bits per heavy atom. The van der Waals surface area contributed by atoms with Crippen LogP contribution in [0.1, 0.15) is 11.3 Å². The monoisotopic (exact) mass is 336 g/mol. The number of hydrogen-bond acceptors (Lipinski definition) is 4. The highest BCUT2D eigenvalue weighted by Crippen LogP contribution is 2.34. The zero-order valence-corrected chi connectivity index (χ0v) is 12.4. The summed E-state index contributed by atoms with van der Waals surface area (Å²) >= 11 is 3.44. The second-order valence-electron chi connectivity index (χ2n) is 4.47. The van der Waals surface area contributed by atoms with Crippen LogP contribution in [0.4, 0.5) is 0 Å². The number of aryl methyl sites for hydroxylation is 1. The fraction of sp³-hybridized carbons (Fsp3) is 0.214. The minimum atomic E-state index is -0.0663. The highest BCUT2D eigenvalue weighted by atomic mass is 79.9. The summed E-state index contributed by atoms with van der Waals surface area (Å²) in [5.41, 5.74) is 2.21. The fourth-order valence-electron chi connectivity index (χ4n) is 2.04. The van der Waals surface area contributed by atoms with Crippen LogP contribution in [0.25, 0.3) is 11.0 Å². The zero-order chi connectivity index (χ0) is 14.1. The minimum absolute atomic E-state index is 0.0663. The molecule has 0 bridgehead atoms. The summed E-state index contributed by atoms with van der Waals surface area (Å²) in [5.74, 6) is 0.625. The van der Waals surface area contributed by atoms with E-state index in [1.807, 2.05) is 31.4 Å². The third-order valence-electron chi connectivity index (χ3n) is 3.00. The van der Waals surface area contributed by atoms with Gasteiger partial charge in [0.2, 0.25) is 0 Å². The van der Waals surface area contributed by atoms with Crippen molar-refractivity contribution in [2.24, 2.45) is 7.05 Å². The Balaban J connectivity index is 1.92. The van der Waals surface area contributed by atoms with E-state index in [1.165, 1.54) is 0 Å². The Morgan fingerprint density at radius 2 is 2.30 bits per heavy atom. The molecule has 5 nitrogen and oxygen atoms in total. The van der Waals surface area contributed by atoms with E-state index in [4.69, 9.17) is 9.15 Å². The van der Waals surface area contributed by atoms with Crippen LogP contribution >= 0.6 is 15.9 Å². The van der Waals surface area contributed by atoms with Crippen LogP contribution in [-0.4, -0.2) is 14.9 Å². The molecule has 0 amide bonds. The Hall–Kier alpha value is -1.79. The highest BCUT2D eigenvalue weighted by Gasteiger charge is 2.12. The molecule has 1 aromatic carbocycles. The Morgan fingerprint density at radius 3 is 3.00 bits per heavy atom. The van der Waals surface area contributed by atoms with E-state index < -0.39 is 0 Å². The molecule has 3 aromatic rings. The molecule has 0 atom stereocenters. The summed E-state index contributed by atoms with van der Waals surface area (Å²) < 4.78 is 13.9. The van der Waals surface area contributed by atoms with Gasteiger partial charge in [-0.3, -0.25) is 4.68 Å². The molecule has 0 spiro atoms. The van der Waals surface area contributed by atoms with Gasteiger partial charge >= 0.3 is 0 Å². The number of ether oxygens (including phenoxy) is 1. The van der Waals surface area contributed by atoms with E-state index in [0.29, 0.717) is 17.9 Å². The van der Waals surface area contributed by atoms with Crippen LogP contribution in [0, 0.1) is 0 Å². The molecular formula is C14H13BrN2O3. The van der Waals surface area contributed by atoms with Gasteiger partial charge in [0.15, 0.2) is 11.3 Å². The topological polar surface area (TPSA) is 60.4 Å². The van der Waals surface area contributed by atoms with Gasteiger partial charge in [0.05, 0.1) is 18.6 Å². The van der Waals surface area contributed by atoms with E-state index in [9.17, 15) is 5.11 Å². The number of benzene rings is 1. The lowest BCUT2D eigenvalue weighted by atomic mass is 10.2. The molecule has 0 fully saturated rings. The molecule has 2 aromatic heterocycles. The summed E-state index contributed by atoms with van der Waals surface area (Å²) in [7, 11) is 1.86. The molecule has 0 aliphatic heterocycles. The maximum atomic E-state index is 9.29. The van der Waals surface area contributed by atoms with Gasteiger partial charge in [0, 0.05) is 28.7 Å². The number of aliphatic hydroxyl groups excluding tert-OH is 1. The lowest BCUT2D eigenvalue weighted by Crippen LogP contribution is -1.98. The van der Waals surface area contributed by atoms with Gasteiger partial charge in [-0.05, 0) is 18.2 Å². The van der Waals surface area contributed by atoms with Gasteiger partial charge in [-0.25, -0.2) is 0 Å². The second-order valence-corrected chi connectivity index (χ2v) is 5.38. The van der Waals surface area contributed by atoms with Crippen molar-refractivity contribution in [3.63, 3.8) is 0 Å². The van der Waals surface area contributed by atoms with E-state index in [1.54, 1.807) is 10.9 Å². The van der Waals surface area contributed by atoms with Crippen LogP contribution in [0.15, 0.2) is 39.5 Å². The molecule has 104 valence electrons. The number of fused-ring (bicyclic) bond motifs is 1.